The first-order chi connectivity index (χ1) is 9.72. The molecule has 0 aromatic heterocycles. The normalized spacial score (nSPS) is 10.1. The zero-order chi connectivity index (χ0) is 14.4. The minimum Gasteiger partial charge on any atom is -0.497 e. The summed E-state index contributed by atoms with van der Waals surface area (Å²) in [6.07, 6.45) is 0.540. The molecule has 0 saturated carbocycles. The summed E-state index contributed by atoms with van der Waals surface area (Å²) in [5.74, 6) is 1.03. The van der Waals surface area contributed by atoms with E-state index >= 15 is 0 Å². The Morgan fingerprint density at radius 3 is 2.25 bits per heavy atom. The van der Waals surface area contributed by atoms with Crippen LogP contribution in [0.15, 0.2) is 48.5 Å². The summed E-state index contributed by atoms with van der Waals surface area (Å²) < 4.78 is 5.13. The van der Waals surface area contributed by atoms with Crippen molar-refractivity contribution in [3.05, 3.63) is 59.7 Å². The maximum atomic E-state index is 11.5. The molecule has 0 unspecified atom stereocenters. The number of Topliss-reactive ketones (excluding diaryl/α,β-unsaturated/α-hetero) is 1. The quantitative estimate of drug-likeness (QED) is 0.808. The highest BCUT2D eigenvalue weighted by molar-refractivity contribution is 5.96. The molecule has 2 aromatic carbocycles. The summed E-state index contributed by atoms with van der Waals surface area (Å²) in [5.41, 5.74) is 2.95. The van der Waals surface area contributed by atoms with Crippen LogP contribution in [0.4, 0.5) is 5.69 Å². The highest BCUT2D eigenvalue weighted by Gasteiger charge is 2.02. The molecule has 0 aliphatic rings. The van der Waals surface area contributed by atoms with E-state index in [-0.39, 0.29) is 5.78 Å². The Kier molecular flexibility index (Phi) is 4.77. The molecule has 3 heteroatoms. The van der Waals surface area contributed by atoms with Gasteiger partial charge in [-0.3, -0.25) is 4.79 Å². The average molecular weight is 269 g/mol. The number of carbonyl (C=O) groups is 1. The molecule has 0 saturated heterocycles. The van der Waals surface area contributed by atoms with Gasteiger partial charge in [-0.25, -0.2) is 0 Å². The van der Waals surface area contributed by atoms with E-state index in [1.54, 1.807) is 7.11 Å². The van der Waals surface area contributed by atoms with E-state index in [0.717, 1.165) is 23.5 Å². The lowest BCUT2D eigenvalue weighted by atomic mass is 10.1. The highest BCUT2D eigenvalue weighted by atomic mass is 16.5. The van der Waals surface area contributed by atoms with Crippen molar-refractivity contribution in [2.24, 2.45) is 0 Å². The Morgan fingerprint density at radius 2 is 1.70 bits per heavy atom. The van der Waals surface area contributed by atoms with Crippen LogP contribution < -0.4 is 10.1 Å². The lowest BCUT2D eigenvalue weighted by Crippen LogP contribution is -2.01. The fourth-order valence-electron chi connectivity index (χ4n) is 1.93. The SMILES string of the molecule is CCC(=O)c1ccc(NCc2ccc(OC)cc2)cc1. The molecule has 0 spiro atoms. The number of hydrogen-bond donors (Lipinski definition) is 1. The molecule has 0 aliphatic carbocycles. The van der Waals surface area contributed by atoms with Crippen molar-refractivity contribution in [1.82, 2.24) is 0 Å². The van der Waals surface area contributed by atoms with Crippen LogP contribution in [0.5, 0.6) is 5.75 Å². The third-order valence-electron chi connectivity index (χ3n) is 3.18. The zero-order valence-corrected chi connectivity index (χ0v) is 11.8. The molecule has 1 N–H and O–H groups in total. The van der Waals surface area contributed by atoms with Gasteiger partial charge in [-0.1, -0.05) is 19.1 Å². The van der Waals surface area contributed by atoms with Crippen molar-refractivity contribution in [3.63, 3.8) is 0 Å². The summed E-state index contributed by atoms with van der Waals surface area (Å²) in [6, 6.07) is 15.5. The minimum absolute atomic E-state index is 0.173. The molecule has 0 radical (unpaired) electrons. The second-order valence-corrected chi connectivity index (χ2v) is 4.56. The zero-order valence-electron chi connectivity index (χ0n) is 11.8. The number of ether oxygens (including phenoxy) is 1. The van der Waals surface area contributed by atoms with Gasteiger partial charge in [0.2, 0.25) is 0 Å². The second-order valence-electron chi connectivity index (χ2n) is 4.56. The standard InChI is InChI=1S/C17H19NO2/c1-3-17(19)14-6-8-15(9-7-14)18-12-13-4-10-16(20-2)11-5-13/h4-11,18H,3,12H2,1-2H3. The van der Waals surface area contributed by atoms with Gasteiger partial charge in [-0.15, -0.1) is 0 Å². The Labute approximate surface area is 119 Å². The van der Waals surface area contributed by atoms with Gasteiger partial charge in [0, 0.05) is 24.2 Å². The number of nitrogens with one attached hydrogen (secondary N) is 1. The van der Waals surface area contributed by atoms with Crippen LogP contribution in [0.2, 0.25) is 0 Å². The maximum absolute atomic E-state index is 11.5. The largest absolute Gasteiger partial charge is 0.497 e. The second kappa shape index (κ2) is 6.75. The van der Waals surface area contributed by atoms with Crippen molar-refractivity contribution in [3.8, 4) is 5.75 Å². The molecule has 3 nitrogen and oxygen atoms in total. The van der Waals surface area contributed by atoms with Gasteiger partial charge in [0.15, 0.2) is 5.78 Å². The number of rotatable bonds is 6. The van der Waals surface area contributed by atoms with E-state index in [0.29, 0.717) is 6.42 Å². The van der Waals surface area contributed by atoms with E-state index in [4.69, 9.17) is 4.74 Å². The van der Waals surface area contributed by atoms with Crippen molar-refractivity contribution >= 4 is 11.5 Å². The molecule has 0 amide bonds. The van der Waals surface area contributed by atoms with Crippen LogP contribution in [0.3, 0.4) is 0 Å². The first kappa shape index (κ1) is 14.1. The fourth-order valence-corrected chi connectivity index (χ4v) is 1.93. The number of benzene rings is 2. The lowest BCUT2D eigenvalue weighted by molar-refractivity contribution is 0.0988. The number of carbonyl (C=O) groups excluding carboxylic acids is 1. The van der Waals surface area contributed by atoms with Crippen LogP contribution in [-0.4, -0.2) is 12.9 Å². The molecule has 2 aromatic rings. The first-order valence-electron chi connectivity index (χ1n) is 6.73. The molecule has 0 aliphatic heterocycles. The van der Waals surface area contributed by atoms with Crippen LogP contribution in [0.1, 0.15) is 29.3 Å². The molecule has 104 valence electrons. The predicted molar refractivity (Wildman–Crippen MR) is 81.4 cm³/mol. The van der Waals surface area contributed by atoms with Crippen molar-refractivity contribution in [2.75, 3.05) is 12.4 Å². The Balaban J connectivity index is 1.94. The number of methoxy groups -OCH3 is 1. The predicted octanol–water partition coefficient (Wildman–Crippen LogP) is 3.90. The summed E-state index contributed by atoms with van der Waals surface area (Å²) in [6.45, 7) is 2.61. The third-order valence-corrected chi connectivity index (χ3v) is 3.18. The topological polar surface area (TPSA) is 38.3 Å². The molecule has 0 heterocycles. The first-order valence-corrected chi connectivity index (χ1v) is 6.73. The molecular weight excluding hydrogens is 250 g/mol. The van der Waals surface area contributed by atoms with Crippen LogP contribution >= 0.6 is 0 Å². The molecule has 0 bridgehead atoms. The average Bonchev–Trinajstić information content (AvgIpc) is 2.53. The van der Waals surface area contributed by atoms with Gasteiger partial charge in [0.25, 0.3) is 0 Å². The smallest absolute Gasteiger partial charge is 0.162 e. The highest BCUT2D eigenvalue weighted by Crippen LogP contribution is 2.15. The van der Waals surface area contributed by atoms with E-state index in [1.807, 2.05) is 55.5 Å². The molecule has 0 atom stereocenters. The summed E-state index contributed by atoms with van der Waals surface area (Å²) in [5, 5.41) is 3.33. The summed E-state index contributed by atoms with van der Waals surface area (Å²) in [7, 11) is 1.66. The van der Waals surface area contributed by atoms with Crippen molar-refractivity contribution in [2.45, 2.75) is 19.9 Å². The van der Waals surface area contributed by atoms with E-state index in [9.17, 15) is 4.79 Å². The Hall–Kier alpha value is -2.29. The van der Waals surface area contributed by atoms with E-state index in [2.05, 4.69) is 5.32 Å². The monoisotopic (exact) mass is 269 g/mol. The van der Waals surface area contributed by atoms with Gasteiger partial charge in [-0.05, 0) is 42.0 Å². The summed E-state index contributed by atoms with van der Waals surface area (Å²) >= 11 is 0. The van der Waals surface area contributed by atoms with E-state index < -0.39 is 0 Å². The van der Waals surface area contributed by atoms with Crippen molar-refractivity contribution < 1.29 is 9.53 Å². The van der Waals surface area contributed by atoms with Gasteiger partial charge in [0.1, 0.15) is 5.75 Å². The molecule has 2 rings (SSSR count). The van der Waals surface area contributed by atoms with Gasteiger partial charge >= 0.3 is 0 Å². The lowest BCUT2D eigenvalue weighted by Gasteiger charge is -2.08. The van der Waals surface area contributed by atoms with Gasteiger partial charge < -0.3 is 10.1 Å². The summed E-state index contributed by atoms with van der Waals surface area (Å²) in [4.78, 5) is 11.5. The Morgan fingerprint density at radius 1 is 1.05 bits per heavy atom. The molecule has 0 fully saturated rings. The van der Waals surface area contributed by atoms with E-state index in [1.165, 1.54) is 5.56 Å². The Bertz CT molecular complexity index is 559. The van der Waals surface area contributed by atoms with Gasteiger partial charge in [-0.2, -0.15) is 0 Å². The minimum atomic E-state index is 0.173. The van der Waals surface area contributed by atoms with Gasteiger partial charge in [0.05, 0.1) is 7.11 Å². The fraction of sp³-hybridized carbons (Fsp3) is 0.235. The maximum Gasteiger partial charge on any atom is 0.162 e. The van der Waals surface area contributed by atoms with Crippen LogP contribution in [0.25, 0.3) is 0 Å². The van der Waals surface area contributed by atoms with Crippen molar-refractivity contribution in [1.29, 1.82) is 0 Å². The number of anilines is 1. The van der Waals surface area contributed by atoms with Crippen LogP contribution in [-0.2, 0) is 6.54 Å². The molecule has 20 heavy (non-hydrogen) atoms. The number of ketones is 1. The number of hydrogen-bond acceptors (Lipinski definition) is 3. The molecular formula is C17H19NO2. The third kappa shape index (κ3) is 3.60. The van der Waals surface area contributed by atoms with Crippen LogP contribution in [0, 0.1) is 0 Å².